The summed E-state index contributed by atoms with van der Waals surface area (Å²) >= 11 is 0.963. The molecule has 0 aliphatic carbocycles. The van der Waals surface area contributed by atoms with Gasteiger partial charge in [0.05, 0.1) is 5.56 Å². The topological polar surface area (TPSA) is 85.1 Å². The molecule has 0 saturated heterocycles. The Balaban J connectivity index is 2.47. The van der Waals surface area contributed by atoms with Crippen molar-refractivity contribution in [3.63, 3.8) is 0 Å². The van der Waals surface area contributed by atoms with Gasteiger partial charge in [0.25, 0.3) is 5.56 Å². The average molecular weight is 305 g/mol. The highest BCUT2D eigenvalue weighted by molar-refractivity contribution is 7.99. The predicted octanol–water partition coefficient (Wildman–Crippen LogP) is 2.24. The molecule has 0 aliphatic heterocycles. The van der Waals surface area contributed by atoms with Crippen LogP contribution in [0.3, 0.4) is 0 Å². The van der Waals surface area contributed by atoms with Gasteiger partial charge in [-0.25, -0.2) is 14.8 Å². The Morgan fingerprint density at radius 2 is 1.90 bits per heavy atom. The molecular formula is C14H15N3O3S. The van der Waals surface area contributed by atoms with Crippen LogP contribution in [-0.2, 0) is 5.54 Å². The molecule has 0 unspecified atom stereocenters. The highest BCUT2D eigenvalue weighted by atomic mass is 32.2. The van der Waals surface area contributed by atoms with Crippen molar-refractivity contribution in [2.75, 3.05) is 0 Å². The number of aromatic nitrogens is 3. The van der Waals surface area contributed by atoms with Crippen LogP contribution in [0.25, 0.3) is 0 Å². The lowest BCUT2D eigenvalue weighted by atomic mass is 10.1. The molecular weight excluding hydrogens is 290 g/mol. The maximum Gasteiger partial charge on any atom is 0.338 e. The van der Waals surface area contributed by atoms with Crippen LogP contribution < -0.4 is 5.56 Å². The van der Waals surface area contributed by atoms with Crippen LogP contribution in [0.15, 0.2) is 45.6 Å². The van der Waals surface area contributed by atoms with Crippen LogP contribution in [0.1, 0.15) is 31.1 Å². The predicted molar refractivity (Wildman–Crippen MR) is 78.8 cm³/mol. The van der Waals surface area contributed by atoms with E-state index in [1.165, 1.54) is 18.5 Å². The third-order valence-corrected chi connectivity index (χ3v) is 3.72. The minimum Gasteiger partial charge on any atom is -0.478 e. The second-order valence-electron chi connectivity index (χ2n) is 5.34. The quantitative estimate of drug-likeness (QED) is 0.936. The van der Waals surface area contributed by atoms with Crippen molar-refractivity contribution in [3.05, 3.63) is 46.6 Å². The van der Waals surface area contributed by atoms with Gasteiger partial charge in [0.15, 0.2) is 5.03 Å². The van der Waals surface area contributed by atoms with E-state index in [-0.39, 0.29) is 26.7 Å². The summed E-state index contributed by atoms with van der Waals surface area (Å²) in [6, 6.07) is 2.99. The maximum absolute atomic E-state index is 12.4. The fraction of sp³-hybridized carbons (Fsp3) is 0.286. The van der Waals surface area contributed by atoms with Crippen molar-refractivity contribution < 1.29 is 9.90 Å². The highest BCUT2D eigenvalue weighted by Crippen LogP contribution is 2.25. The van der Waals surface area contributed by atoms with E-state index < -0.39 is 5.97 Å². The zero-order valence-corrected chi connectivity index (χ0v) is 12.7. The van der Waals surface area contributed by atoms with Crippen molar-refractivity contribution in [1.82, 2.24) is 14.5 Å². The molecule has 0 radical (unpaired) electrons. The fourth-order valence-electron chi connectivity index (χ4n) is 1.72. The zero-order valence-electron chi connectivity index (χ0n) is 11.9. The molecule has 2 rings (SSSR count). The van der Waals surface area contributed by atoms with Crippen LogP contribution in [-0.4, -0.2) is 25.6 Å². The summed E-state index contributed by atoms with van der Waals surface area (Å²) in [4.78, 5) is 31.6. The van der Waals surface area contributed by atoms with Crippen molar-refractivity contribution in [2.24, 2.45) is 0 Å². The molecule has 7 heteroatoms. The van der Waals surface area contributed by atoms with Gasteiger partial charge in [-0.15, -0.1) is 0 Å². The van der Waals surface area contributed by atoms with Gasteiger partial charge in [-0.2, -0.15) is 0 Å². The Bertz CT molecular complexity index is 735. The Hall–Kier alpha value is -2.15. The molecule has 0 aromatic carbocycles. The lowest BCUT2D eigenvalue weighted by Gasteiger charge is -2.22. The molecule has 0 bridgehead atoms. The van der Waals surface area contributed by atoms with E-state index >= 15 is 0 Å². The summed E-state index contributed by atoms with van der Waals surface area (Å²) < 4.78 is 1.56. The van der Waals surface area contributed by atoms with Crippen LogP contribution in [0.2, 0.25) is 0 Å². The largest absolute Gasteiger partial charge is 0.478 e. The number of aromatic carboxylic acids is 1. The number of carbonyl (C=O) groups is 1. The lowest BCUT2D eigenvalue weighted by Crippen LogP contribution is -2.34. The number of rotatable bonds is 3. The van der Waals surface area contributed by atoms with E-state index in [1.54, 1.807) is 16.8 Å². The molecule has 0 atom stereocenters. The van der Waals surface area contributed by atoms with Gasteiger partial charge in [0.2, 0.25) is 0 Å². The second-order valence-corrected chi connectivity index (χ2v) is 6.32. The van der Waals surface area contributed by atoms with E-state index in [1.807, 2.05) is 20.8 Å². The standard InChI is InChI=1S/C14H15N3O3S/c1-14(2,3)17-8-7-16-11(12(17)18)21-10-9(13(19)20)5-4-6-15-10/h4-8H,1-3H3,(H,19,20). The van der Waals surface area contributed by atoms with Crippen LogP contribution in [0.5, 0.6) is 0 Å². The van der Waals surface area contributed by atoms with Crippen molar-refractivity contribution >= 4 is 17.7 Å². The summed E-state index contributed by atoms with van der Waals surface area (Å²) in [5.74, 6) is -1.09. The fourth-order valence-corrected chi connectivity index (χ4v) is 2.58. The van der Waals surface area contributed by atoms with Gasteiger partial charge >= 0.3 is 5.97 Å². The highest BCUT2D eigenvalue weighted by Gasteiger charge is 2.19. The SMILES string of the molecule is CC(C)(C)n1ccnc(Sc2ncccc2C(=O)O)c1=O. The first kappa shape index (κ1) is 15.2. The number of nitrogens with zero attached hydrogens (tertiary/aromatic N) is 3. The normalized spacial score (nSPS) is 11.4. The molecule has 0 aliphatic rings. The molecule has 0 fully saturated rings. The third-order valence-electron chi connectivity index (χ3n) is 2.73. The van der Waals surface area contributed by atoms with Gasteiger partial charge in [-0.1, -0.05) is 0 Å². The number of carboxylic acid groups (broad SMARTS) is 1. The number of pyridine rings is 1. The summed E-state index contributed by atoms with van der Waals surface area (Å²) in [7, 11) is 0. The minimum absolute atomic E-state index is 0.0508. The summed E-state index contributed by atoms with van der Waals surface area (Å²) in [6.07, 6.45) is 4.63. The van der Waals surface area contributed by atoms with E-state index in [4.69, 9.17) is 5.11 Å². The molecule has 1 N–H and O–H groups in total. The van der Waals surface area contributed by atoms with E-state index in [9.17, 15) is 9.59 Å². The summed E-state index contributed by atoms with van der Waals surface area (Å²) in [5, 5.41) is 9.59. The molecule has 110 valence electrons. The van der Waals surface area contributed by atoms with Gasteiger partial charge in [-0.3, -0.25) is 4.79 Å². The van der Waals surface area contributed by atoms with Gasteiger partial charge < -0.3 is 9.67 Å². The lowest BCUT2D eigenvalue weighted by molar-refractivity contribution is 0.0692. The van der Waals surface area contributed by atoms with Crippen LogP contribution >= 0.6 is 11.8 Å². The molecule has 2 heterocycles. The summed E-state index contributed by atoms with van der Waals surface area (Å²) in [5.41, 5.74) is -0.596. The average Bonchev–Trinajstić information content (AvgIpc) is 2.40. The minimum atomic E-state index is -1.09. The third kappa shape index (κ3) is 3.30. The molecule has 6 nitrogen and oxygen atoms in total. The molecule has 0 amide bonds. The molecule has 21 heavy (non-hydrogen) atoms. The van der Waals surface area contributed by atoms with E-state index in [2.05, 4.69) is 9.97 Å². The van der Waals surface area contributed by atoms with Crippen molar-refractivity contribution in [1.29, 1.82) is 0 Å². The Morgan fingerprint density at radius 1 is 1.24 bits per heavy atom. The zero-order chi connectivity index (χ0) is 15.6. The van der Waals surface area contributed by atoms with Gasteiger partial charge in [0, 0.05) is 24.1 Å². The Labute approximate surface area is 125 Å². The Kier molecular flexibility index (Phi) is 4.13. The summed E-state index contributed by atoms with van der Waals surface area (Å²) in [6.45, 7) is 5.73. The van der Waals surface area contributed by atoms with Gasteiger partial charge in [-0.05, 0) is 44.7 Å². The first-order valence-electron chi connectivity index (χ1n) is 6.25. The van der Waals surface area contributed by atoms with Crippen molar-refractivity contribution in [2.45, 2.75) is 36.4 Å². The van der Waals surface area contributed by atoms with Crippen LogP contribution in [0, 0.1) is 0 Å². The second kappa shape index (κ2) is 5.69. The first-order chi connectivity index (χ1) is 9.80. The maximum atomic E-state index is 12.4. The Morgan fingerprint density at radius 3 is 2.52 bits per heavy atom. The first-order valence-corrected chi connectivity index (χ1v) is 7.06. The molecule has 0 spiro atoms. The number of carboxylic acids is 1. The van der Waals surface area contributed by atoms with E-state index in [0.29, 0.717) is 0 Å². The smallest absolute Gasteiger partial charge is 0.338 e. The number of hydrogen-bond acceptors (Lipinski definition) is 5. The van der Waals surface area contributed by atoms with Crippen LogP contribution in [0.4, 0.5) is 0 Å². The monoisotopic (exact) mass is 305 g/mol. The molecule has 0 saturated carbocycles. The number of hydrogen-bond donors (Lipinski definition) is 1. The molecule has 2 aromatic rings. The molecule has 2 aromatic heterocycles. The van der Waals surface area contributed by atoms with Gasteiger partial charge in [0.1, 0.15) is 5.03 Å². The van der Waals surface area contributed by atoms with Crippen molar-refractivity contribution in [3.8, 4) is 0 Å². The van der Waals surface area contributed by atoms with E-state index in [0.717, 1.165) is 11.8 Å².